The molecule has 3 aliphatic heterocycles. The number of benzene rings is 1. The molecule has 30 heavy (non-hydrogen) atoms. The zero-order chi connectivity index (χ0) is 20.8. The molecule has 4 aliphatic rings. The molecule has 0 atom stereocenters. The minimum absolute atomic E-state index is 0.186. The van der Waals surface area contributed by atoms with Crippen molar-refractivity contribution >= 4 is 15.5 Å². The van der Waals surface area contributed by atoms with Crippen LogP contribution in [0.15, 0.2) is 18.2 Å². The molecule has 0 amide bonds. The third-order valence-electron chi connectivity index (χ3n) is 7.70. The van der Waals surface area contributed by atoms with Gasteiger partial charge in [0.05, 0.1) is 11.9 Å². The molecule has 5 rings (SSSR count). The van der Waals surface area contributed by atoms with Crippen LogP contribution in [0.1, 0.15) is 57.4 Å². The Morgan fingerprint density at radius 2 is 1.80 bits per heavy atom. The molecule has 1 aromatic carbocycles. The lowest BCUT2D eigenvalue weighted by Gasteiger charge is -2.47. The second-order valence-corrected chi connectivity index (χ2v) is 11.9. The summed E-state index contributed by atoms with van der Waals surface area (Å²) in [6.45, 7) is 6.03. The Labute approximate surface area is 180 Å². The normalized spacial score (nSPS) is 25.6. The quantitative estimate of drug-likeness (QED) is 0.724. The summed E-state index contributed by atoms with van der Waals surface area (Å²) in [5, 5.41) is -0.186. The molecule has 1 saturated carbocycles. The number of rotatable bonds is 4. The van der Waals surface area contributed by atoms with Crippen LogP contribution in [0.3, 0.4) is 0 Å². The van der Waals surface area contributed by atoms with E-state index >= 15 is 0 Å². The molecule has 0 unspecified atom stereocenters. The smallest absolute Gasteiger partial charge is 0.213 e. The van der Waals surface area contributed by atoms with Gasteiger partial charge in [0.25, 0.3) is 0 Å². The maximum atomic E-state index is 12.2. The molecule has 6 nitrogen and oxygen atoms in total. The van der Waals surface area contributed by atoms with Crippen LogP contribution in [-0.2, 0) is 21.2 Å². The molecule has 3 heterocycles. The summed E-state index contributed by atoms with van der Waals surface area (Å²) in [5.41, 5.74) is 2.24. The average molecular weight is 435 g/mol. The zero-order valence-corrected chi connectivity index (χ0v) is 18.8. The number of likely N-dealkylation sites (tertiary alicyclic amines) is 1. The molecule has 0 aromatic heterocycles. The third kappa shape index (κ3) is 3.84. The predicted octanol–water partition coefficient (Wildman–Crippen LogP) is 3.34. The molecule has 0 N–H and O–H groups in total. The predicted molar refractivity (Wildman–Crippen MR) is 118 cm³/mol. The fourth-order valence-electron chi connectivity index (χ4n) is 5.35. The van der Waals surface area contributed by atoms with E-state index in [0.29, 0.717) is 19.4 Å². The Morgan fingerprint density at radius 1 is 1.07 bits per heavy atom. The number of hydrogen-bond donors (Lipinski definition) is 0. The van der Waals surface area contributed by atoms with Gasteiger partial charge in [0.15, 0.2) is 9.84 Å². The monoisotopic (exact) mass is 434 g/mol. The SMILES string of the molecule is CCS(=O)(=O)C1CCN(c2ccc3c(c2)COC2(CCN(C4CCC4)CC2)O3)CC1. The van der Waals surface area contributed by atoms with Crippen molar-refractivity contribution in [2.24, 2.45) is 0 Å². The summed E-state index contributed by atoms with van der Waals surface area (Å²) in [6.07, 6.45) is 7.36. The lowest BCUT2D eigenvalue weighted by molar-refractivity contribution is -0.231. The fraction of sp³-hybridized carbons (Fsp3) is 0.739. The summed E-state index contributed by atoms with van der Waals surface area (Å²) < 4.78 is 37.0. The second kappa shape index (κ2) is 7.99. The van der Waals surface area contributed by atoms with Crippen LogP contribution in [0.25, 0.3) is 0 Å². The van der Waals surface area contributed by atoms with Crippen molar-refractivity contribution in [3.8, 4) is 5.75 Å². The number of nitrogens with zero attached hydrogens (tertiary/aromatic N) is 2. The highest BCUT2D eigenvalue weighted by Crippen LogP contribution is 2.40. The molecule has 1 aromatic rings. The molecular formula is C23H34N2O4S. The summed E-state index contributed by atoms with van der Waals surface area (Å²) in [5.74, 6) is 0.734. The molecule has 1 spiro atoms. The summed E-state index contributed by atoms with van der Waals surface area (Å²) in [4.78, 5) is 4.91. The number of sulfone groups is 1. The average Bonchev–Trinajstić information content (AvgIpc) is 2.74. The molecule has 3 fully saturated rings. The molecule has 2 saturated heterocycles. The van der Waals surface area contributed by atoms with E-state index in [1.54, 1.807) is 6.92 Å². The van der Waals surface area contributed by atoms with Gasteiger partial charge in [-0.1, -0.05) is 13.3 Å². The molecular weight excluding hydrogens is 400 g/mol. The van der Waals surface area contributed by atoms with Gasteiger partial charge < -0.3 is 14.4 Å². The van der Waals surface area contributed by atoms with Crippen molar-refractivity contribution in [1.29, 1.82) is 0 Å². The Morgan fingerprint density at radius 3 is 2.43 bits per heavy atom. The van der Waals surface area contributed by atoms with E-state index in [2.05, 4.69) is 28.0 Å². The Balaban J connectivity index is 1.21. The molecule has 7 heteroatoms. The number of piperidine rings is 2. The van der Waals surface area contributed by atoms with Crippen molar-refractivity contribution in [3.63, 3.8) is 0 Å². The van der Waals surface area contributed by atoms with Gasteiger partial charge >= 0.3 is 0 Å². The summed E-state index contributed by atoms with van der Waals surface area (Å²) >= 11 is 0. The first-order valence-electron chi connectivity index (χ1n) is 11.6. The maximum Gasteiger partial charge on any atom is 0.213 e. The van der Waals surface area contributed by atoms with Gasteiger partial charge in [0, 0.05) is 62.1 Å². The second-order valence-electron chi connectivity index (χ2n) is 9.35. The van der Waals surface area contributed by atoms with Crippen LogP contribution in [-0.4, -0.2) is 62.3 Å². The highest BCUT2D eigenvalue weighted by molar-refractivity contribution is 7.92. The van der Waals surface area contributed by atoms with Crippen molar-refractivity contribution in [1.82, 2.24) is 4.90 Å². The standard InChI is InChI=1S/C23H34N2O4S/c1-2-30(26,27)21-8-12-24(13-9-21)20-6-7-22-18(16-20)17-28-23(29-22)10-14-25(15-11-23)19-4-3-5-19/h6-7,16,19,21H,2-5,8-15,17H2,1H3. The Hall–Kier alpha value is -1.31. The third-order valence-corrected chi connectivity index (χ3v) is 9.99. The minimum atomic E-state index is -2.93. The van der Waals surface area contributed by atoms with E-state index in [1.165, 1.54) is 19.3 Å². The minimum Gasteiger partial charge on any atom is -0.462 e. The van der Waals surface area contributed by atoms with Crippen molar-refractivity contribution < 1.29 is 17.9 Å². The summed E-state index contributed by atoms with van der Waals surface area (Å²) in [7, 11) is -2.93. The van der Waals surface area contributed by atoms with Crippen molar-refractivity contribution in [3.05, 3.63) is 23.8 Å². The highest BCUT2D eigenvalue weighted by atomic mass is 32.2. The van der Waals surface area contributed by atoms with E-state index in [9.17, 15) is 8.42 Å². The number of fused-ring (bicyclic) bond motifs is 1. The van der Waals surface area contributed by atoms with E-state index in [0.717, 1.165) is 62.1 Å². The van der Waals surface area contributed by atoms with Gasteiger partial charge in [-0.3, -0.25) is 4.90 Å². The fourth-order valence-corrected chi connectivity index (χ4v) is 6.75. The first kappa shape index (κ1) is 20.6. The van der Waals surface area contributed by atoms with Crippen LogP contribution in [0.5, 0.6) is 5.75 Å². The number of hydrogen-bond acceptors (Lipinski definition) is 6. The molecule has 1 aliphatic carbocycles. The van der Waals surface area contributed by atoms with E-state index in [-0.39, 0.29) is 11.0 Å². The van der Waals surface area contributed by atoms with Gasteiger partial charge in [-0.05, 0) is 43.9 Å². The molecule has 0 bridgehead atoms. The van der Waals surface area contributed by atoms with E-state index in [4.69, 9.17) is 9.47 Å². The lowest BCUT2D eigenvalue weighted by atomic mass is 9.89. The maximum absolute atomic E-state index is 12.2. The lowest BCUT2D eigenvalue weighted by Crippen LogP contribution is -2.54. The topological polar surface area (TPSA) is 59.1 Å². The number of anilines is 1. The first-order valence-corrected chi connectivity index (χ1v) is 13.4. The first-order chi connectivity index (χ1) is 14.5. The number of ether oxygens (including phenoxy) is 2. The van der Waals surface area contributed by atoms with Crippen LogP contribution in [0.4, 0.5) is 5.69 Å². The van der Waals surface area contributed by atoms with Crippen LogP contribution >= 0.6 is 0 Å². The van der Waals surface area contributed by atoms with Crippen LogP contribution in [0, 0.1) is 0 Å². The van der Waals surface area contributed by atoms with Crippen molar-refractivity contribution in [2.45, 2.75) is 75.6 Å². The van der Waals surface area contributed by atoms with Crippen LogP contribution in [0.2, 0.25) is 0 Å². The van der Waals surface area contributed by atoms with Gasteiger partial charge in [0.1, 0.15) is 5.75 Å². The Bertz CT molecular complexity index is 867. The molecule has 166 valence electrons. The molecule has 0 radical (unpaired) electrons. The highest BCUT2D eigenvalue weighted by Gasteiger charge is 2.43. The van der Waals surface area contributed by atoms with E-state index in [1.807, 2.05) is 0 Å². The zero-order valence-electron chi connectivity index (χ0n) is 18.0. The van der Waals surface area contributed by atoms with Gasteiger partial charge in [-0.2, -0.15) is 0 Å². The summed E-state index contributed by atoms with van der Waals surface area (Å²) in [6, 6.07) is 7.16. The van der Waals surface area contributed by atoms with Crippen molar-refractivity contribution in [2.75, 3.05) is 36.8 Å². The van der Waals surface area contributed by atoms with Gasteiger partial charge in [-0.25, -0.2) is 8.42 Å². The van der Waals surface area contributed by atoms with Crippen LogP contribution < -0.4 is 9.64 Å². The van der Waals surface area contributed by atoms with E-state index < -0.39 is 15.6 Å². The largest absolute Gasteiger partial charge is 0.462 e. The van der Waals surface area contributed by atoms with Gasteiger partial charge in [0.2, 0.25) is 5.79 Å². The van der Waals surface area contributed by atoms with Gasteiger partial charge in [-0.15, -0.1) is 0 Å². The Kier molecular flexibility index (Phi) is 5.48.